The molecule has 88 valence electrons. The molecule has 1 heterocycles. The van der Waals surface area contributed by atoms with Crippen molar-refractivity contribution in [1.82, 2.24) is 9.80 Å². The number of nitrogens with zero attached hydrogens (tertiary/aromatic N) is 2. The molecule has 0 radical (unpaired) electrons. The first-order valence-corrected chi connectivity index (χ1v) is 5.81. The van der Waals surface area contributed by atoms with Crippen LogP contribution in [0.15, 0.2) is 0 Å². The van der Waals surface area contributed by atoms with Crippen molar-refractivity contribution in [2.24, 2.45) is 11.7 Å². The summed E-state index contributed by atoms with van der Waals surface area (Å²) in [6.07, 6.45) is 2.23. The van der Waals surface area contributed by atoms with Crippen molar-refractivity contribution < 1.29 is 4.79 Å². The van der Waals surface area contributed by atoms with E-state index in [4.69, 9.17) is 5.73 Å². The topological polar surface area (TPSA) is 49.6 Å². The van der Waals surface area contributed by atoms with Crippen molar-refractivity contribution in [3.05, 3.63) is 0 Å². The maximum Gasteiger partial charge on any atom is 0.319 e. The van der Waals surface area contributed by atoms with Crippen LogP contribution in [0, 0.1) is 5.92 Å². The minimum absolute atomic E-state index is 0.142. The van der Waals surface area contributed by atoms with Gasteiger partial charge in [-0.05, 0) is 32.6 Å². The third-order valence-corrected chi connectivity index (χ3v) is 3.27. The zero-order valence-corrected chi connectivity index (χ0v) is 10.1. The summed E-state index contributed by atoms with van der Waals surface area (Å²) < 4.78 is 0. The number of hydrogen-bond donors (Lipinski definition) is 1. The molecule has 1 fully saturated rings. The molecule has 15 heavy (non-hydrogen) atoms. The first-order chi connectivity index (χ1) is 7.06. The van der Waals surface area contributed by atoms with Gasteiger partial charge in [0.2, 0.25) is 0 Å². The molecule has 1 saturated heterocycles. The second kappa shape index (κ2) is 5.35. The normalized spacial score (nSPS) is 23.7. The lowest BCUT2D eigenvalue weighted by molar-refractivity contribution is 0.132. The van der Waals surface area contributed by atoms with Gasteiger partial charge < -0.3 is 15.5 Å². The number of hydrogen-bond acceptors (Lipinski definition) is 2. The van der Waals surface area contributed by atoms with E-state index in [1.54, 1.807) is 4.90 Å². The third kappa shape index (κ3) is 3.09. The SMILES string of the molecule is CCN(C)C(=O)N1CCCC(C(C)N)C1. The van der Waals surface area contributed by atoms with Gasteiger partial charge in [0.05, 0.1) is 0 Å². The van der Waals surface area contributed by atoms with E-state index in [1.165, 1.54) is 0 Å². The van der Waals surface area contributed by atoms with Crippen LogP contribution in [0.25, 0.3) is 0 Å². The summed E-state index contributed by atoms with van der Waals surface area (Å²) in [4.78, 5) is 15.6. The number of urea groups is 1. The van der Waals surface area contributed by atoms with E-state index in [-0.39, 0.29) is 12.1 Å². The highest BCUT2D eigenvalue weighted by atomic mass is 16.2. The maximum absolute atomic E-state index is 11.9. The summed E-state index contributed by atoms with van der Waals surface area (Å²) in [5.74, 6) is 0.466. The molecule has 2 unspecified atom stereocenters. The molecule has 1 rings (SSSR count). The fraction of sp³-hybridized carbons (Fsp3) is 0.909. The molecule has 1 aliphatic rings. The smallest absolute Gasteiger partial charge is 0.319 e. The van der Waals surface area contributed by atoms with E-state index in [9.17, 15) is 4.79 Å². The van der Waals surface area contributed by atoms with Gasteiger partial charge in [-0.25, -0.2) is 4.79 Å². The fourth-order valence-electron chi connectivity index (χ4n) is 1.99. The van der Waals surface area contributed by atoms with Gasteiger partial charge in [-0.1, -0.05) is 0 Å². The molecule has 0 spiro atoms. The lowest BCUT2D eigenvalue weighted by Gasteiger charge is -2.36. The summed E-state index contributed by atoms with van der Waals surface area (Å²) in [6.45, 7) is 6.48. The monoisotopic (exact) mass is 213 g/mol. The Morgan fingerprint density at radius 1 is 1.67 bits per heavy atom. The summed E-state index contributed by atoms with van der Waals surface area (Å²) in [5.41, 5.74) is 5.89. The predicted molar refractivity (Wildman–Crippen MR) is 61.6 cm³/mol. The van der Waals surface area contributed by atoms with E-state index in [0.717, 1.165) is 32.5 Å². The van der Waals surface area contributed by atoms with Crippen LogP contribution in [0.5, 0.6) is 0 Å². The van der Waals surface area contributed by atoms with Crippen LogP contribution in [0.2, 0.25) is 0 Å². The standard InChI is InChI=1S/C11H23N3O/c1-4-13(3)11(15)14-7-5-6-10(8-14)9(2)12/h9-10H,4-8,12H2,1-3H3. The van der Waals surface area contributed by atoms with Crippen LogP contribution in [0.3, 0.4) is 0 Å². The van der Waals surface area contributed by atoms with Crippen LogP contribution < -0.4 is 5.73 Å². The van der Waals surface area contributed by atoms with E-state index in [1.807, 2.05) is 25.8 Å². The second-order valence-corrected chi connectivity index (χ2v) is 4.50. The Labute approximate surface area is 92.4 Å². The molecule has 0 bridgehead atoms. The van der Waals surface area contributed by atoms with Crippen LogP contribution >= 0.6 is 0 Å². The Morgan fingerprint density at radius 3 is 2.87 bits per heavy atom. The second-order valence-electron chi connectivity index (χ2n) is 4.50. The number of rotatable bonds is 2. The van der Waals surface area contributed by atoms with Crippen molar-refractivity contribution in [1.29, 1.82) is 0 Å². The Balaban J connectivity index is 2.52. The number of piperidine rings is 1. The molecule has 2 atom stereocenters. The largest absolute Gasteiger partial charge is 0.328 e. The number of carbonyl (C=O) groups is 1. The van der Waals surface area contributed by atoms with Gasteiger partial charge in [0, 0.05) is 32.7 Å². The van der Waals surface area contributed by atoms with E-state index >= 15 is 0 Å². The van der Waals surface area contributed by atoms with Crippen molar-refractivity contribution in [2.75, 3.05) is 26.7 Å². The van der Waals surface area contributed by atoms with Crippen LogP contribution in [0.4, 0.5) is 4.79 Å². The molecular weight excluding hydrogens is 190 g/mol. The van der Waals surface area contributed by atoms with Gasteiger partial charge >= 0.3 is 6.03 Å². The molecule has 0 aliphatic carbocycles. The highest BCUT2D eigenvalue weighted by Crippen LogP contribution is 2.19. The van der Waals surface area contributed by atoms with E-state index < -0.39 is 0 Å². The molecule has 2 N–H and O–H groups in total. The average molecular weight is 213 g/mol. The van der Waals surface area contributed by atoms with Crippen LogP contribution in [-0.2, 0) is 0 Å². The van der Waals surface area contributed by atoms with Crippen molar-refractivity contribution in [3.8, 4) is 0 Å². The van der Waals surface area contributed by atoms with Crippen molar-refractivity contribution in [3.63, 3.8) is 0 Å². The van der Waals surface area contributed by atoms with Crippen LogP contribution in [-0.4, -0.2) is 48.6 Å². The van der Waals surface area contributed by atoms with Crippen molar-refractivity contribution >= 4 is 6.03 Å². The van der Waals surface area contributed by atoms with Crippen molar-refractivity contribution in [2.45, 2.75) is 32.7 Å². The summed E-state index contributed by atoms with van der Waals surface area (Å²) in [5, 5.41) is 0. The number of nitrogens with two attached hydrogens (primary N) is 1. The summed E-state index contributed by atoms with van der Waals surface area (Å²) >= 11 is 0. The fourth-order valence-corrected chi connectivity index (χ4v) is 1.99. The molecule has 0 saturated carbocycles. The summed E-state index contributed by atoms with van der Waals surface area (Å²) in [6, 6.07) is 0.329. The van der Waals surface area contributed by atoms with Gasteiger partial charge in [0.25, 0.3) is 0 Å². The van der Waals surface area contributed by atoms with Gasteiger partial charge in [0.1, 0.15) is 0 Å². The maximum atomic E-state index is 11.9. The number of carbonyl (C=O) groups excluding carboxylic acids is 1. The van der Waals surface area contributed by atoms with Gasteiger partial charge in [-0.3, -0.25) is 0 Å². The molecule has 4 heteroatoms. The number of amides is 2. The summed E-state index contributed by atoms with van der Waals surface area (Å²) in [7, 11) is 1.85. The molecule has 0 aromatic carbocycles. The van der Waals surface area contributed by atoms with E-state index in [0.29, 0.717) is 5.92 Å². The predicted octanol–water partition coefficient (Wildman–Crippen LogP) is 1.12. The lowest BCUT2D eigenvalue weighted by atomic mass is 9.92. The highest BCUT2D eigenvalue weighted by Gasteiger charge is 2.26. The quantitative estimate of drug-likeness (QED) is 0.747. The van der Waals surface area contributed by atoms with Gasteiger partial charge in [0.15, 0.2) is 0 Å². The molecular formula is C11H23N3O. The Hall–Kier alpha value is -0.770. The Kier molecular flexibility index (Phi) is 4.39. The molecule has 1 aliphatic heterocycles. The lowest BCUT2D eigenvalue weighted by Crippen LogP contribution is -2.49. The zero-order valence-electron chi connectivity index (χ0n) is 10.1. The van der Waals surface area contributed by atoms with Crippen LogP contribution in [0.1, 0.15) is 26.7 Å². The zero-order chi connectivity index (χ0) is 11.4. The Bertz CT molecular complexity index is 218. The number of likely N-dealkylation sites (tertiary alicyclic amines) is 1. The minimum Gasteiger partial charge on any atom is -0.328 e. The first-order valence-electron chi connectivity index (χ1n) is 5.81. The minimum atomic E-state index is 0.142. The molecule has 0 aromatic heterocycles. The molecule has 2 amide bonds. The molecule has 0 aromatic rings. The van der Waals surface area contributed by atoms with Gasteiger partial charge in [-0.15, -0.1) is 0 Å². The van der Waals surface area contributed by atoms with Gasteiger partial charge in [-0.2, -0.15) is 0 Å². The molecule has 4 nitrogen and oxygen atoms in total. The first kappa shape index (κ1) is 12.3. The Morgan fingerprint density at radius 2 is 2.33 bits per heavy atom. The highest BCUT2D eigenvalue weighted by molar-refractivity contribution is 5.74. The van der Waals surface area contributed by atoms with E-state index in [2.05, 4.69) is 0 Å². The third-order valence-electron chi connectivity index (χ3n) is 3.27. The average Bonchev–Trinajstić information content (AvgIpc) is 2.27.